The largest absolute Gasteiger partial charge is 0.398 e. The average Bonchev–Trinajstić information content (AvgIpc) is 3.09. The number of hydrogen-bond donors (Lipinski definition) is 3. The van der Waals surface area contributed by atoms with E-state index in [1.54, 1.807) is 0 Å². The molecule has 2 aromatic carbocycles. The maximum atomic E-state index is 6.29. The molecule has 5 heteroatoms. The smallest absolute Gasteiger partial charge is 0.100 e. The molecule has 4 aromatic rings. The molecule has 0 fully saturated rings. The van der Waals surface area contributed by atoms with Crippen molar-refractivity contribution in [2.24, 2.45) is 0 Å². The number of rotatable bonds is 5. The Bertz CT molecular complexity index is 1070. The highest BCUT2D eigenvalue weighted by Crippen LogP contribution is 2.30. The van der Waals surface area contributed by atoms with E-state index in [2.05, 4.69) is 57.8 Å². The number of fused-ring (bicyclic) bond motifs is 1. The third-order valence-electron chi connectivity index (χ3n) is 4.89. The van der Waals surface area contributed by atoms with Gasteiger partial charge in [0.25, 0.3) is 0 Å². The van der Waals surface area contributed by atoms with Gasteiger partial charge < -0.3 is 11.1 Å². The molecule has 136 valence electrons. The van der Waals surface area contributed by atoms with Crippen LogP contribution in [0.1, 0.15) is 29.8 Å². The number of aryl methyl sites for hydroxylation is 1. The number of H-pyrrole nitrogens is 1. The van der Waals surface area contributed by atoms with Crippen LogP contribution in [0.5, 0.6) is 0 Å². The SMILES string of the molecule is Cc1cc(-c2n[nH]c3cc(N)c(CNC(C)c4ccccc4)cc23)ccn1. The van der Waals surface area contributed by atoms with Crippen LogP contribution in [0.15, 0.2) is 60.8 Å². The molecule has 2 heterocycles. The number of pyridine rings is 1. The van der Waals surface area contributed by atoms with Crippen molar-refractivity contribution in [2.45, 2.75) is 26.4 Å². The molecule has 0 aliphatic heterocycles. The summed E-state index contributed by atoms with van der Waals surface area (Å²) in [6.45, 7) is 4.83. The zero-order valence-corrected chi connectivity index (χ0v) is 15.5. The third-order valence-corrected chi connectivity index (χ3v) is 4.89. The van der Waals surface area contributed by atoms with Crippen molar-refractivity contribution < 1.29 is 0 Å². The van der Waals surface area contributed by atoms with Crippen molar-refractivity contribution in [3.05, 3.63) is 77.6 Å². The van der Waals surface area contributed by atoms with E-state index < -0.39 is 0 Å². The summed E-state index contributed by atoms with van der Waals surface area (Å²) >= 11 is 0. The van der Waals surface area contributed by atoms with Crippen molar-refractivity contribution in [2.75, 3.05) is 5.73 Å². The highest BCUT2D eigenvalue weighted by Gasteiger charge is 2.12. The second kappa shape index (κ2) is 7.21. The second-order valence-corrected chi connectivity index (χ2v) is 6.87. The molecule has 5 nitrogen and oxygen atoms in total. The maximum absolute atomic E-state index is 6.29. The molecule has 0 amide bonds. The van der Waals surface area contributed by atoms with E-state index in [-0.39, 0.29) is 6.04 Å². The van der Waals surface area contributed by atoms with Gasteiger partial charge in [0, 0.05) is 41.1 Å². The van der Waals surface area contributed by atoms with Crippen LogP contribution in [0.25, 0.3) is 22.2 Å². The number of nitrogens with two attached hydrogens (primary N) is 1. The van der Waals surface area contributed by atoms with Gasteiger partial charge >= 0.3 is 0 Å². The summed E-state index contributed by atoms with van der Waals surface area (Å²) in [7, 11) is 0. The average molecular weight is 357 g/mol. The van der Waals surface area contributed by atoms with Crippen LogP contribution in [-0.4, -0.2) is 15.2 Å². The van der Waals surface area contributed by atoms with Crippen LogP contribution >= 0.6 is 0 Å². The molecule has 1 unspecified atom stereocenters. The Balaban J connectivity index is 1.63. The normalized spacial score (nSPS) is 12.4. The molecule has 4 rings (SSSR count). The fourth-order valence-electron chi connectivity index (χ4n) is 3.31. The maximum Gasteiger partial charge on any atom is 0.100 e. The summed E-state index contributed by atoms with van der Waals surface area (Å²) in [6, 6.07) is 18.8. The van der Waals surface area contributed by atoms with Gasteiger partial charge in [0.2, 0.25) is 0 Å². The van der Waals surface area contributed by atoms with Gasteiger partial charge in [-0.25, -0.2) is 0 Å². The molecule has 0 saturated carbocycles. The van der Waals surface area contributed by atoms with Crippen LogP contribution in [0.4, 0.5) is 5.69 Å². The molecular formula is C22H23N5. The van der Waals surface area contributed by atoms with Gasteiger partial charge in [0.15, 0.2) is 0 Å². The number of hydrogen-bond acceptors (Lipinski definition) is 4. The van der Waals surface area contributed by atoms with Crippen molar-refractivity contribution in [1.82, 2.24) is 20.5 Å². The Kier molecular flexibility index (Phi) is 4.60. The van der Waals surface area contributed by atoms with E-state index >= 15 is 0 Å². The number of anilines is 1. The van der Waals surface area contributed by atoms with Crippen molar-refractivity contribution in [1.29, 1.82) is 0 Å². The van der Waals surface area contributed by atoms with E-state index in [4.69, 9.17) is 5.73 Å². The van der Waals surface area contributed by atoms with E-state index in [1.165, 1.54) is 5.56 Å². The summed E-state index contributed by atoms with van der Waals surface area (Å²) in [5, 5.41) is 12.2. The predicted molar refractivity (Wildman–Crippen MR) is 110 cm³/mol. The van der Waals surface area contributed by atoms with Gasteiger partial charge in [-0.15, -0.1) is 0 Å². The molecule has 2 aromatic heterocycles. The lowest BCUT2D eigenvalue weighted by molar-refractivity contribution is 0.576. The lowest BCUT2D eigenvalue weighted by atomic mass is 10.0. The van der Waals surface area contributed by atoms with Gasteiger partial charge in [0.05, 0.1) is 5.52 Å². The number of nitrogens with zero attached hydrogens (tertiary/aromatic N) is 2. The fourth-order valence-corrected chi connectivity index (χ4v) is 3.31. The number of aromatic nitrogens is 3. The summed E-state index contributed by atoms with van der Waals surface area (Å²) < 4.78 is 0. The number of aromatic amines is 1. The Hall–Kier alpha value is -3.18. The molecule has 0 saturated heterocycles. The van der Waals surface area contributed by atoms with Gasteiger partial charge in [-0.2, -0.15) is 5.10 Å². The minimum Gasteiger partial charge on any atom is -0.398 e. The lowest BCUT2D eigenvalue weighted by Crippen LogP contribution is -2.18. The van der Waals surface area contributed by atoms with Crippen LogP contribution in [0.3, 0.4) is 0 Å². The van der Waals surface area contributed by atoms with E-state index in [0.29, 0.717) is 6.54 Å². The molecule has 0 bridgehead atoms. The van der Waals surface area contributed by atoms with E-state index in [1.807, 2.05) is 37.4 Å². The molecule has 0 aliphatic rings. The predicted octanol–water partition coefficient (Wildman–Crippen LogP) is 4.37. The minimum atomic E-state index is 0.243. The first-order chi connectivity index (χ1) is 13.1. The highest BCUT2D eigenvalue weighted by atomic mass is 15.1. The lowest BCUT2D eigenvalue weighted by Gasteiger charge is -2.15. The van der Waals surface area contributed by atoms with Gasteiger partial charge in [-0.3, -0.25) is 10.1 Å². The number of benzene rings is 2. The second-order valence-electron chi connectivity index (χ2n) is 6.87. The van der Waals surface area contributed by atoms with Gasteiger partial charge in [-0.1, -0.05) is 30.3 Å². The number of nitrogens with one attached hydrogen (secondary N) is 2. The number of nitrogen functional groups attached to an aromatic ring is 1. The Labute approximate surface area is 158 Å². The summed E-state index contributed by atoms with van der Waals surface area (Å²) in [5.74, 6) is 0. The fraction of sp³-hybridized carbons (Fsp3) is 0.182. The molecule has 0 radical (unpaired) electrons. The van der Waals surface area contributed by atoms with Crippen LogP contribution in [-0.2, 0) is 6.54 Å². The Morgan fingerprint density at radius 2 is 1.93 bits per heavy atom. The molecule has 4 N–H and O–H groups in total. The first-order valence-corrected chi connectivity index (χ1v) is 9.09. The summed E-state index contributed by atoms with van der Waals surface area (Å²) in [6.07, 6.45) is 1.81. The summed E-state index contributed by atoms with van der Waals surface area (Å²) in [5.41, 5.74) is 13.3. The van der Waals surface area contributed by atoms with Crippen molar-refractivity contribution in [3.8, 4) is 11.3 Å². The van der Waals surface area contributed by atoms with Gasteiger partial charge in [-0.05, 0) is 49.2 Å². The topological polar surface area (TPSA) is 79.6 Å². The molecule has 27 heavy (non-hydrogen) atoms. The van der Waals surface area contributed by atoms with Crippen LogP contribution in [0, 0.1) is 6.92 Å². The van der Waals surface area contributed by atoms with Crippen molar-refractivity contribution >= 4 is 16.6 Å². The van der Waals surface area contributed by atoms with E-state index in [9.17, 15) is 0 Å². The summed E-state index contributed by atoms with van der Waals surface area (Å²) in [4.78, 5) is 4.27. The zero-order chi connectivity index (χ0) is 18.8. The van der Waals surface area contributed by atoms with E-state index in [0.717, 1.165) is 39.1 Å². The van der Waals surface area contributed by atoms with Gasteiger partial charge in [0.1, 0.15) is 5.69 Å². The first-order valence-electron chi connectivity index (χ1n) is 9.09. The zero-order valence-electron chi connectivity index (χ0n) is 15.5. The molecule has 0 aliphatic carbocycles. The molecular weight excluding hydrogens is 334 g/mol. The standard InChI is InChI=1S/C22H23N5/c1-14-10-17(8-9-24-14)22-19-11-18(20(23)12-21(19)26-27-22)13-25-15(2)16-6-4-3-5-7-16/h3-12,15,25H,13,23H2,1-2H3,(H,26,27). The quantitative estimate of drug-likeness (QED) is 0.464. The molecule has 1 atom stereocenters. The molecule has 0 spiro atoms. The Morgan fingerprint density at radius 3 is 2.70 bits per heavy atom. The van der Waals surface area contributed by atoms with Crippen LogP contribution < -0.4 is 11.1 Å². The highest BCUT2D eigenvalue weighted by molar-refractivity contribution is 5.95. The monoisotopic (exact) mass is 357 g/mol. The third kappa shape index (κ3) is 3.55. The minimum absolute atomic E-state index is 0.243. The Morgan fingerprint density at radius 1 is 1.11 bits per heavy atom. The first kappa shape index (κ1) is 17.2. The van der Waals surface area contributed by atoms with Crippen molar-refractivity contribution in [3.63, 3.8) is 0 Å². The van der Waals surface area contributed by atoms with Crippen LogP contribution in [0.2, 0.25) is 0 Å².